The van der Waals surface area contributed by atoms with Crippen LogP contribution in [0.4, 0.5) is 0 Å². The van der Waals surface area contributed by atoms with Crippen LogP contribution in [0.5, 0.6) is 0 Å². The molecule has 1 aromatic rings. The molecule has 1 aliphatic carbocycles. The van der Waals surface area contributed by atoms with Crippen LogP contribution in [0.15, 0.2) is 6.20 Å². The largest absolute Gasteiger partial charge is 0.389 e. The molecule has 0 amide bonds. The lowest BCUT2D eigenvalue weighted by Gasteiger charge is -2.39. The first-order valence-corrected chi connectivity index (χ1v) is 5.34. The molecule has 1 fully saturated rings. The Balaban J connectivity index is 1.84. The van der Waals surface area contributed by atoms with Gasteiger partial charge in [-0.1, -0.05) is 5.21 Å². The van der Waals surface area contributed by atoms with E-state index in [1.807, 2.05) is 20.3 Å². The number of aliphatic hydroxyl groups is 1. The molecule has 1 aromatic heterocycles. The first kappa shape index (κ1) is 10.6. The first-order chi connectivity index (χ1) is 7.07. The Morgan fingerprint density at radius 1 is 1.60 bits per heavy atom. The van der Waals surface area contributed by atoms with Crippen LogP contribution in [0, 0.1) is 0 Å². The molecule has 1 heterocycles. The lowest BCUT2D eigenvalue weighted by molar-refractivity contribution is -0.0557. The van der Waals surface area contributed by atoms with Crippen molar-refractivity contribution in [2.45, 2.75) is 31.4 Å². The number of aromatic nitrogens is 3. The monoisotopic (exact) mass is 210 g/mol. The van der Waals surface area contributed by atoms with Gasteiger partial charge in [0.25, 0.3) is 0 Å². The highest BCUT2D eigenvalue weighted by atomic mass is 16.3. The van der Waals surface area contributed by atoms with Crippen molar-refractivity contribution in [3.05, 3.63) is 11.9 Å². The average Bonchev–Trinajstić information content (AvgIpc) is 2.48. The highest BCUT2D eigenvalue weighted by Crippen LogP contribution is 2.32. The van der Waals surface area contributed by atoms with E-state index in [1.54, 1.807) is 4.68 Å². The fourth-order valence-corrected chi connectivity index (χ4v) is 2.05. The number of likely N-dealkylation sites (N-methyl/N-ethyl adjacent to an activating group) is 1. The van der Waals surface area contributed by atoms with E-state index in [4.69, 9.17) is 0 Å². The third-order valence-corrected chi connectivity index (χ3v) is 2.93. The predicted octanol–water partition coefficient (Wildman–Crippen LogP) is 0.162. The SMILES string of the molecule is CN(Cc1cn(C)nn1)CC1(O)CCC1. The van der Waals surface area contributed by atoms with Gasteiger partial charge in [0, 0.05) is 26.3 Å². The maximum Gasteiger partial charge on any atom is 0.0966 e. The molecule has 1 saturated carbocycles. The van der Waals surface area contributed by atoms with Gasteiger partial charge in [-0.25, -0.2) is 0 Å². The highest BCUT2D eigenvalue weighted by Gasteiger charge is 2.35. The van der Waals surface area contributed by atoms with Crippen molar-refractivity contribution in [3.8, 4) is 0 Å². The smallest absolute Gasteiger partial charge is 0.0966 e. The fraction of sp³-hybridized carbons (Fsp3) is 0.800. The molecule has 0 atom stereocenters. The molecular weight excluding hydrogens is 192 g/mol. The van der Waals surface area contributed by atoms with E-state index in [0.717, 1.165) is 38.0 Å². The molecule has 0 spiro atoms. The minimum Gasteiger partial charge on any atom is -0.389 e. The van der Waals surface area contributed by atoms with Crippen molar-refractivity contribution in [2.75, 3.05) is 13.6 Å². The molecule has 0 unspecified atom stereocenters. The summed E-state index contributed by atoms with van der Waals surface area (Å²) in [6.45, 7) is 1.47. The standard InChI is InChI=1S/C10H18N4O/c1-13(8-10(15)4-3-5-10)6-9-7-14(2)12-11-9/h7,15H,3-6,8H2,1-2H3. The second-order valence-electron chi connectivity index (χ2n) is 4.63. The van der Waals surface area contributed by atoms with Gasteiger partial charge in [-0.15, -0.1) is 5.10 Å². The molecule has 15 heavy (non-hydrogen) atoms. The van der Waals surface area contributed by atoms with Gasteiger partial charge in [0.15, 0.2) is 0 Å². The molecule has 5 nitrogen and oxygen atoms in total. The summed E-state index contributed by atoms with van der Waals surface area (Å²) >= 11 is 0. The fourth-order valence-electron chi connectivity index (χ4n) is 2.05. The van der Waals surface area contributed by atoms with Gasteiger partial charge in [-0.05, 0) is 26.3 Å². The van der Waals surface area contributed by atoms with Crippen molar-refractivity contribution in [3.63, 3.8) is 0 Å². The predicted molar refractivity (Wildman–Crippen MR) is 56.1 cm³/mol. The zero-order valence-electron chi connectivity index (χ0n) is 9.35. The van der Waals surface area contributed by atoms with Crippen molar-refractivity contribution >= 4 is 0 Å². The van der Waals surface area contributed by atoms with E-state index in [0.29, 0.717) is 0 Å². The molecule has 0 aromatic carbocycles. The summed E-state index contributed by atoms with van der Waals surface area (Å²) in [6.07, 6.45) is 4.91. The minimum atomic E-state index is -0.447. The Labute approximate surface area is 89.7 Å². The summed E-state index contributed by atoms with van der Waals surface area (Å²) in [6, 6.07) is 0. The number of aryl methyl sites for hydroxylation is 1. The molecule has 84 valence electrons. The van der Waals surface area contributed by atoms with Gasteiger partial charge < -0.3 is 5.11 Å². The summed E-state index contributed by atoms with van der Waals surface area (Å²) in [7, 11) is 3.86. The zero-order valence-corrected chi connectivity index (χ0v) is 9.35. The molecule has 0 saturated heterocycles. The highest BCUT2D eigenvalue weighted by molar-refractivity contribution is 4.94. The number of hydrogen-bond acceptors (Lipinski definition) is 4. The quantitative estimate of drug-likeness (QED) is 0.769. The summed E-state index contributed by atoms with van der Waals surface area (Å²) in [4.78, 5) is 2.10. The van der Waals surface area contributed by atoms with Crippen molar-refractivity contribution in [1.29, 1.82) is 0 Å². The lowest BCUT2D eigenvalue weighted by atomic mass is 9.80. The Morgan fingerprint density at radius 3 is 2.80 bits per heavy atom. The number of hydrogen-bond donors (Lipinski definition) is 1. The van der Waals surface area contributed by atoms with Gasteiger partial charge >= 0.3 is 0 Å². The van der Waals surface area contributed by atoms with Crippen LogP contribution in [0.3, 0.4) is 0 Å². The Bertz CT molecular complexity index is 332. The number of rotatable bonds is 4. The van der Waals surface area contributed by atoms with Gasteiger partial charge in [-0.3, -0.25) is 9.58 Å². The third-order valence-electron chi connectivity index (χ3n) is 2.93. The Kier molecular flexibility index (Phi) is 2.75. The van der Waals surface area contributed by atoms with Crippen molar-refractivity contribution in [1.82, 2.24) is 19.9 Å². The van der Waals surface area contributed by atoms with Crippen LogP contribution in [0.2, 0.25) is 0 Å². The number of nitrogens with zero attached hydrogens (tertiary/aromatic N) is 4. The minimum absolute atomic E-state index is 0.447. The van der Waals surface area contributed by atoms with Crippen molar-refractivity contribution in [2.24, 2.45) is 7.05 Å². The molecule has 0 bridgehead atoms. The van der Waals surface area contributed by atoms with E-state index in [-0.39, 0.29) is 0 Å². The summed E-state index contributed by atoms with van der Waals surface area (Å²) in [5.74, 6) is 0. The molecule has 1 aliphatic rings. The second kappa shape index (κ2) is 3.90. The normalized spacial score (nSPS) is 19.2. The van der Waals surface area contributed by atoms with E-state index in [9.17, 15) is 5.11 Å². The summed E-state index contributed by atoms with van der Waals surface area (Å²) in [5.41, 5.74) is 0.500. The first-order valence-electron chi connectivity index (χ1n) is 5.34. The van der Waals surface area contributed by atoms with Crippen molar-refractivity contribution < 1.29 is 5.11 Å². The summed E-state index contributed by atoms with van der Waals surface area (Å²) < 4.78 is 1.70. The maximum absolute atomic E-state index is 9.98. The van der Waals surface area contributed by atoms with Crippen LogP contribution in [0.25, 0.3) is 0 Å². The maximum atomic E-state index is 9.98. The van der Waals surface area contributed by atoms with Crippen LogP contribution in [0.1, 0.15) is 25.0 Å². The molecular formula is C10H18N4O. The topological polar surface area (TPSA) is 54.2 Å². The van der Waals surface area contributed by atoms with Crippen LogP contribution in [-0.2, 0) is 13.6 Å². The van der Waals surface area contributed by atoms with Gasteiger partial charge in [0.05, 0.1) is 11.3 Å². The molecule has 5 heteroatoms. The van der Waals surface area contributed by atoms with E-state index in [2.05, 4.69) is 15.2 Å². The molecule has 0 aliphatic heterocycles. The molecule has 1 N–H and O–H groups in total. The van der Waals surface area contributed by atoms with E-state index >= 15 is 0 Å². The van der Waals surface area contributed by atoms with Crippen LogP contribution >= 0.6 is 0 Å². The summed E-state index contributed by atoms with van der Waals surface area (Å²) in [5, 5.41) is 17.9. The zero-order chi connectivity index (χ0) is 10.9. The molecule has 2 rings (SSSR count). The van der Waals surface area contributed by atoms with Gasteiger partial charge in [0.1, 0.15) is 0 Å². The Morgan fingerprint density at radius 2 is 2.33 bits per heavy atom. The average molecular weight is 210 g/mol. The lowest BCUT2D eigenvalue weighted by Crippen LogP contribution is -2.46. The second-order valence-corrected chi connectivity index (χ2v) is 4.63. The van der Waals surface area contributed by atoms with Gasteiger partial charge in [0.2, 0.25) is 0 Å². The Hall–Kier alpha value is -0.940. The van der Waals surface area contributed by atoms with E-state index in [1.165, 1.54) is 0 Å². The van der Waals surface area contributed by atoms with Crippen LogP contribution < -0.4 is 0 Å². The van der Waals surface area contributed by atoms with E-state index < -0.39 is 5.60 Å². The van der Waals surface area contributed by atoms with Gasteiger partial charge in [-0.2, -0.15) is 0 Å². The molecule has 0 radical (unpaired) electrons. The third kappa shape index (κ3) is 2.54. The van der Waals surface area contributed by atoms with Crippen LogP contribution in [-0.4, -0.2) is 44.2 Å².